The van der Waals surface area contributed by atoms with Crippen LogP contribution < -0.4 is 9.80 Å². The molecule has 0 spiro atoms. The number of fused-ring (bicyclic) bond motifs is 3. The summed E-state index contributed by atoms with van der Waals surface area (Å²) in [6, 6.07) is 57.6. The SMILES string of the molecule is Cc1cc(C)cc(N(c2cc(C)cc(C)c2)c2ccc3c(c2)C(C)(C)c2cc(/C=C/c4ccc(N(c5ccccc5)c5ccccc5)cc4)ccc2-3)c1. The number of aryl methyl sites for hydroxylation is 4. The Bertz CT molecular complexity index is 2320. The molecule has 53 heavy (non-hydrogen) atoms. The van der Waals surface area contributed by atoms with E-state index in [0.29, 0.717) is 0 Å². The van der Waals surface area contributed by atoms with Crippen molar-refractivity contribution in [3.05, 3.63) is 202 Å². The van der Waals surface area contributed by atoms with Crippen LogP contribution in [0.15, 0.2) is 158 Å². The highest BCUT2D eigenvalue weighted by atomic mass is 15.1. The quantitative estimate of drug-likeness (QED) is 0.147. The van der Waals surface area contributed by atoms with E-state index >= 15 is 0 Å². The average molecular weight is 687 g/mol. The molecule has 7 aromatic rings. The maximum Gasteiger partial charge on any atom is 0.0466 e. The number of nitrogens with zero attached hydrogens (tertiary/aromatic N) is 2. The molecule has 0 saturated heterocycles. The fourth-order valence-electron chi connectivity index (χ4n) is 8.12. The van der Waals surface area contributed by atoms with Gasteiger partial charge in [0, 0.05) is 39.5 Å². The number of hydrogen-bond acceptors (Lipinski definition) is 2. The molecule has 2 nitrogen and oxygen atoms in total. The van der Waals surface area contributed by atoms with Crippen LogP contribution in [-0.2, 0) is 5.41 Å². The second kappa shape index (κ2) is 13.8. The average Bonchev–Trinajstić information content (AvgIpc) is 3.36. The molecule has 0 bridgehead atoms. The first-order valence-corrected chi connectivity index (χ1v) is 18.6. The first-order valence-electron chi connectivity index (χ1n) is 18.6. The summed E-state index contributed by atoms with van der Waals surface area (Å²) in [5.74, 6) is 0. The fourth-order valence-corrected chi connectivity index (χ4v) is 8.12. The minimum atomic E-state index is -0.152. The molecule has 0 unspecified atom stereocenters. The predicted octanol–water partition coefficient (Wildman–Crippen LogP) is 14.3. The van der Waals surface area contributed by atoms with Crippen molar-refractivity contribution in [2.75, 3.05) is 9.80 Å². The molecule has 0 aromatic heterocycles. The molecular weight excluding hydrogens is 641 g/mol. The smallest absolute Gasteiger partial charge is 0.0466 e. The van der Waals surface area contributed by atoms with Gasteiger partial charge in [-0.05, 0) is 156 Å². The van der Waals surface area contributed by atoms with Crippen LogP contribution in [0.1, 0.15) is 58.4 Å². The summed E-state index contributed by atoms with van der Waals surface area (Å²) in [5, 5.41) is 0. The Morgan fingerprint density at radius 3 is 1.28 bits per heavy atom. The van der Waals surface area contributed by atoms with Crippen LogP contribution in [-0.4, -0.2) is 0 Å². The van der Waals surface area contributed by atoms with Crippen LogP contribution in [0.4, 0.5) is 34.1 Å². The summed E-state index contributed by atoms with van der Waals surface area (Å²) in [5.41, 5.74) is 19.6. The van der Waals surface area contributed by atoms with E-state index in [1.165, 1.54) is 72.7 Å². The van der Waals surface area contributed by atoms with Crippen molar-refractivity contribution < 1.29 is 0 Å². The highest BCUT2D eigenvalue weighted by Crippen LogP contribution is 2.51. The number of rotatable bonds is 8. The van der Waals surface area contributed by atoms with Gasteiger partial charge < -0.3 is 9.80 Å². The molecule has 0 N–H and O–H groups in total. The second-order valence-electron chi connectivity index (χ2n) is 15.1. The maximum absolute atomic E-state index is 2.43. The van der Waals surface area contributed by atoms with Gasteiger partial charge in [-0.15, -0.1) is 0 Å². The fraction of sp³-hybridized carbons (Fsp3) is 0.137. The van der Waals surface area contributed by atoms with Gasteiger partial charge in [0.1, 0.15) is 0 Å². The largest absolute Gasteiger partial charge is 0.311 e. The zero-order chi connectivity index (χ0) is 36.7. The third kappa shape index (κ3) is 6.69. The highest BCUT2D eigenvalue weighted by Gasteiger charge is 2.36. The topological polar surface area (TPSA) is 6.48 Å². The molecule has 260 valence electrons. The van der Waals surface area contributed by atoms with Crippen molar-refractivity contribution in [3.8, 4) is 11.1 Å². The van der Waals surface area contributed by atoms with Gasteiger partial charge in [-0.25, -0.2) is 0 Å². The maximum atomic E-state index is 2.43. The molecule has 0 fully saturated rings. The Kier molecular flexibility index (Phi) is 8.84. The Morgan fingerprint density at radius 2 is 0.755 bits per heavy atom. The first-order chi connectivity index (χ1) is 25.6. The summed E-state index contributed by atoms with van der Waals surface area (Å²) in [4.78, 5) is 4.72. The van der Waals surface area contributed by atoms with Gasteiger partial charge in [0.25, 0.3) is 0 Å². The van der Waals surface area contributed by atoms with Crippen LogP contribution in [0.2, 0.25) is 0 Å². The zero-order valence-corrected chi connectivity index (χ0v) is 31.6. The van der Waals surface area contributed by atoms with Gasteiger partial charge in [0.2, 0.25) is 0 Å². The van der Waals surface area contributed by atoms with E-state index in [0.717, 1.165) is 17.1 Å². The second-order valence-corrected chi connectivity index (χ2v) is 15.1. The minimum absolute atomic E-state index is 0.152. The van der Waals surface area contributed by atoms with E-state index in [1.54, 1.807) is 0 Å². The Labute approximate surface area is 315 Å². The normalized spacial score (nSPS) is 12.8. The minimum Gasteiger partial charge on any atom is -0.311 e. The van der Waals surface area contributed by atoms with Gasteiger partial charge in [-0.2, -0.15) is 0 Å². The third-order valence-corrected chi connectivity index (χ3v) is 10.5. The van der Waals surface area contributed by atoms with E-state index in [1.807, 2.05) is 0 Å². The van der Waals surface area contributed by atoms with Crippen molar-refractivity contribution >= 4 is 46.3 Å². The van der Waals surface area contributed by atoms with Crippen molar-refractivity contribution in [3.63, 3.8) is 0 Å². The number of benzene rings is 7. The zero-order valence-electron chi connectivity index (χ0n) is 31.6. The lowest BCUT2D eigenvalue weighted by Crippen LogP contribution is -2.17. The first kappa shape index (κ1) is 34.0. The molecule has 0 saturated carbocycles. The van der Waals surface area contributed by atoms with Crippen molar-refractivity contribution in [1.82, 2.24) is 0 Å². The molecule has 1 aliphatic rings. The molecule has 2 heteroatoms. The Balaban J connectivity index is 1.10. The van der Waals surface area contributed by atoms with E-state index in [9.17, 15) is 0 Å². The lowest BCUT2D eigenvalue weighted by atomic mass is 9.81. The molecule has 0 amide bonds. The predicted molar refractivity (Wildman–Crippen MR) is 228 cm³/mol. The highest BCUT2D eigenvalue weighted by molar-refractivity contribution is 5.87. The molecule has 0 heterocycles. The van der Waals surface area contributed by atoms with E-state index < -0.39 is 0 Å². The van der Waals surface area contributed by atoms with Crippen molar-refractivity contribution in [2.45, 2.75) is 47.0 Å². The molecular formula is C51H46N2. The lowest BCUT2D eigenvalue weighted by molar-refractivity contribution is 0.660. The summed E-state index contributed by atoms with van der Waals surface area (Å²) in [7, 11) is 0. The molecule has 1 aliphatic carbocycles. The standard InChI is InChI=1S/C51H46N2/c1-35-27-36(2)30-45(29-35)53(46-31-37(3)28-38(4)32-46)44-24-26-48-47-25-21-40(33-49(47)51(5,6)50(48)34-44)18-17-39-19-22-43(23-20-39)52(41-13-9-7-10-14-41)42-15-11-8-12-16-42/h7-34H,1-6H3/b18-17+. The Morgan fingerprint density at radius 1 is 0.358 bits per heavy atom. The van der Waals surface area contributed by atoms with Gasteiger partial charge in [-0.1, -0.05) is 111 Å². The van der Waals surface area contributed by atoms with Crippen molar-refractivity contribution in [2.24, 2.45) is 0 Å². The van der Waals surface area contributed by atoms with Crippen LogP contribution >= 0.6 is 0 Å². The van der Waals surface area contributed by atoms with Crippen LogP contribution in [0, 0.1) is 27.7 Å². The third-order valence-electron chi connectivity index (χ3n) is 10.5. The summed E-state index contributed by atoms with van der Waals surface area (Å²) >= 11 is 0. The van der Waals surface area contributed by atoms with Crippen LogP contribution in [0.5, 0.6) is 0 Å². The van der Waals surface area contributed by atoms with E-state index in [-0.39, 0.29) is 5.41 Å². The molecule has 0 radical (unpaired) electrons. The number of para-hydroxylation sites is 2. The summed E-state index contributed by atoms with van der Waals surface area (Å²) in [6.07, 6.45) is 4.47. The van der Waals surface area contributed by atoms with Crippen LogP contribution in [0.3, 0.4) is 0 Å². The van der Waals surface area contributed by atoms with Gasteiger partial charge in [0.15, 0.2) is 0 Å². The number of hydrogen-bond donors (Lipinski definition) is 0. The number of anilines is 6. The summed E-state index contributed by atoms with van der Waals surface area (Å²) < 4.78 is 0. The van der Waals surface area contributed by atoms with Crippen molar-refractivity contribution in [1.29, 1.82) is 0 Å². The van der Waals surface area contributed by atoms with Crippen LogP contribution in [0.25, 0.3) is 23.3 Å². The molecule has 7 aromatic carbocycles. The molecule has 0 aliphatic heterocycles. The van der Waals surface area contributed by atoms with E-state index in [4.69, 9.17) is 0 Å². The molecule has 0 atom stereocenters. The van der Waals surface area contributed by atoms with Gasteiger partial charge in [0.05, 0.1) is 0 Å². The van der Waals surface area contributed by atoms with Gasteiger partial charge in [-0.3, -0.25) is 0 Å². The monoisotopic (exact) mass is 686 g/mol. The van der Waals surface area contributed by atoms with Gasteiger partial charge >= 0.3 is 0 Å². The Hall–Kier alpha value is -6.12. The summed E-state index contributed by atoms with van der Waals surface area (Å²) in [6.45, 7) is 13.5. The van der Waals surface area contributed by atoms with E-state index in [2.05, 4.69) is 221 Å². The lowest BCUT2D eigenvalue weighted by Gasteiger charge is -2.29. The molecule has 8 rings (SSSR count).